The maximum atomic E-state index is 12.4. The van der Waals surface area contributed by atoms with Gasteiger partial charge in [0.2, 0.25) is 6.20 Å². The first-order valence-electron chi connectivity index (χ1n) is 7.86. The molecule has 3 N–H and O–H groups in total. The van der Waals surface area contributed by atoms with E-state index in [1.54, 1.807) is 18.2 Å². The molecule has 0 aliphatic carbocycles. The molecule has 9 nitrogen and oxygen atoms in total. The highest BCUT2D eigenvalue weighted by Gasteiger charge is 2.54. The maximum Gasteiger partial charge on any atom is 0.366 e. The highest BCUT2D eigenvalue weighted by atomic mass is 32.2. The molecule has 2 heterocycles. The van der Waals surface area contributed by atoms with Crippen LogP contribution in [0.3, 0.4) is 0 Å². The van der Waals surface area contributed by atoms with Crippen molar-refractivity contribution in [3.63, 3.8) is 0 Å². The van der Waals surface area contributed by atoms with Crippen LogP contribution in [0.15, 0.2) is 46.6 Å². The van der Waals surface area contributed by atoms with Gasteiger partial charge in [-0.15, -0.1) is 0 Å². The molecule has 2 amide bonds. The second-order valence-electron chi connectivity index (χ2n) is 6.01. The van der Waals surface area contributed by atoms with Gasteiger partial charge in [-0.25, -0.2) is 4.79 Å². The standard InChI is InChI=1S/C15H19N5O4S2/c1-10(2)8-17-14-20(13(16)21)19-9-12(18-15(19)25-14)26(22,23)24-11-6-4-3-5-7-11/h3-7,9-10,14,17H,8H2,1-2H3,(H2,16,21)/q+1. The molecular weight excluding hydrogens is 378 g/mol. The number of nitrogens with two attached hydrogens (primary N) is 1. The van der Waals surface area contributed by atoms with Crippen LogP contribution in [0, 0.1) is 5.92 Å². The Kier molecular flexibility index (Phi) is 5.23. The van der Waals surface area contributed by atoms with Crippen molar-refractivity contribution in [3.8, 4) is 5.75 Å². The van der Waals surface area contributed by atoms with E-state index >= 15 is 0 Å². The number of para-hydroxylation sites is 1. The fraction of sp³-hybridized carbons (Fsp3) is 0.333. The highest BCUT2D eigenvalue weighted by Crippen LogP contribution is 2.34. The molecule has 0 aromatic heterocycles. The number of amidine groups is 1. The van der Waals surface area contributed by atoms with Crippen LogP contribution < -0.4 is 20.2 Å². The molecule has 0 bridgehead atoms. The zero-order chi connectivity index (χ0) is 18.9. The molecule has 139 valence electrons. The number of carbonyl (C=O) groups excluding carboxylic acids is 1. The zero-order valence-electron chi connectivity index (χ0n) is 14.2. The Labute approximate surface area is 156 Å². The van der Waals surface area contributed by atoms with Gasteiger partial charge in [-0.2, -0.15) is 13.4 Å². The Balaban J connectivity index is 1.79. The Bertz CT molecular complexity index is 854. The number of amides is 2. The maximum absolute atomic E-state index is 12.4. The monoisotopic (exact) mass is 397 g/mol. The molecule has 26 heavy (non-hydrogen) atoms. The summed E-state index contributed by atoms with van der Waals surface area (Å²) < 4.78 is 29.9. The largest absolute Gasteiger partial charge is 0.378 e. The Morgan fingerprint density at radius 1 is 1.42 bits per heavy atom. The molecule has 1 atom stereocenters. The minimum absolute atomic E-state index is 0.177. The molecule has 1 saturated heterocycles. The van der Waals surface area contributed by atoms with Crippen LogP contribution in [0.1, 0.15) is 13.8 Å². The SMILES string of the molecule is CC(C)CNC1SC2=NC(S(=O)(=O)Oc3ccccc3)=C[N+]2N1C(N)=O. The fourth-order valence-electron chi connectivity index (χ4n) is 2.28. The number of benzene rings is 1. The number of rotatable bonds is 6. The first kappa shape index (κ1) is 18.7. The van der Waals surface area contributed by atoms with Crippen LogP contribution in [-0.2, 0) is 10.1 Å². The van der Waals surface area contributed by atoms with Gasteiger partial charge in [0.1, 0.15) is 5.75 Å². The van der Waals surface area contributed by atoms with E-state index in [9.17, 15) is 13.2 Å². The third-order valence-electron chi connectivity index (χ3n) is 3.44. The first-order chi connectivity index (χ1) is 12.3. The summed E-state index contributed by atoms with van der Waals surface area (Å²) in [5.41, 5.74) is 5.00. The summed E-state index contributed by atoms with van der Waals surface area (Å²) in [5, 5.41) is 5.77. The van der Waals surface area contributed by atoms with Crippen LogP contribution in [0.5, 0.6) is 5.75 Å². The molecule has 1 aromatic rings. The smallest absolute Gasteiger partial charge is 0.366 e. The lowest BCUT2D eigenvalue weighted by Crippen LogP contribution is -2.54. The van der Waals surface area contributed by atoms with E-state index in [0.717, 1.165) is 0 Å². The highest BCUT2D eigenvalue weighted by molar-refractivity contribution is 8.14. The zero-order valence-corrected chi connectivity index (χ0v) is 15.8. The molecule has 2 aliphatic heterocycles. The third-order valence-corrected chi connectivity index (χ3v) is 5.64. The lowest BCUT2D eigenvalue weighted by molar-refractivity contribution is 0.157. The van der Waals surface area contributed by atoms with Gasteiger partial charge in [0, 0.05) is 18.3 Å². The van der Waals surface area contributed by atoms with E-state index < -0.39 is 21.6 Å². The van der Waals surface area contributed by atoms with Crippen molar-refractivity contribution in [1.29, 1.82) is 0 Å². The van der Waals surface area contributed by atoms with Gasteiger partial charge in [-0.1, -0.05) is 37.1 Å². The van der Waals surface area contributed by atoms with Crippen molar-refractivity contribution in [2.75, 3.05) is 6.54 Å². The van der Waals surface area contributed by atoms with Crippen LogP contribution in [0.4, 0.5) is 4.79 Å². The van der Waals surface area contributed by atoms with Gasteiger partial charge in [-0.05, 0) is 18.1 Å². The quantitative estimate of drug-likeness (QED) is 0.551. The van der Waals surface area contributed by atoms with Crippen LogP contribution in [-0.4, -0.2) is 36.7 Å². The minimum atomic E-state index is -4.13. The Morgan fingerprint density at radius 2 is 2.12 bits per heavy atom. The average Bonchev–Trinajstić information content (AvgIpc) is 3.10. The predicted molar refractivity (Wildman–Crippen MR) is 99.3 cm³/mol. The van der Waals surface area contributed by atoms with Gasteiger partial charge in [-0.3, -0.25) is 5.32 Å². The molecule has 1 unspecified atom stereocenters. The van der Waals surface area contributed by atoms with Crippen molar-refractivity contribution in [2.45, 2.75) is 19.3 Å². The van der Waals surface area contributed by atoms with Crippen molar-refractivity contribution >= 4 is 33.1 Å². The Morgan fingerprint density at radius 3 is 2.73 bits per heavy atom. The second kappa shape index (κ2) is 7.27. The number of fused-ring (bicyclic) bond motifs is 1. The van der Waals surface area contributed by atoms with Gasteiger partial charge in [0.15, 0.2) is 5.50 Å². The van der Waals surface area contributed by atoms with Gasteiger partial charge in [0.05, 0.1) is 5.01 Å². The fourth-order valence-corrected chi connectivity index (χ4v) is 4.30. The number of carbonyl (C=O) groups is 1. The topological polar surface area (TPSA) is 120 Å². The molecular formula is C15H19N5O4S2+. The molecule has 1 aromatic carbocycles. The van der Waals surface area contributed by atoms with E-state index in [4.69, 9.17) is 9.92 Å². The van der Waals surface area contributed by atoms with Gasteiger partial charge in [0.25, 0.3) is 5.03 Å². The summed E-state index contributed by atoms with van der Waals surface area (Å²) in [5.74, 6) is 0.546. The number of aliphatic imine (C=N–C) groups is 1. The molecule has 2 aliphatic rings. The lowest BCUT2D eigenvalue weighted by Gasteiger charge is -2.18. The molecule has 3 rings (SSSR count). The molecule has 0 spiro atoms. The number of thioether (sulfide) groups is 1. The number of urea groups is 1. The number of nitrogens with zero attached hydrogens (tertiary/aromatic N) is 3. The van der Waals surface area contributed by atoms with Crippen LogP contribution in [0.2, 0.25) is 0 Å². The molecule has 0 saturated carbocycles. The molecule has 1 radical (unpaired) electrons. The Hall–Kier alpha value is -2.08. The van der Waals surface area contributed by atoms with E-state index in [1.807, 2.05) is 13.8 Å². The van der Waals surface area contributed by atoms with Gasteiger partial charge < -0.3 is 9.92 Å². The van der Waals surface area contributed by atoms with Crippen molar-refractivity contribution < 1.29 is 17.4 Å². The summed E-state index contributed by atoms with van der Waals surface area (Å²) in [7, 11) is -4.13. The van der Waals surface area contributed by atoms with E-state index in [2.05, 4.69) is 10.3 Å². The third kappa shape index (κ3) is 3.85. The normalized spacial score (nSPS) is 20.1. The number of hydrogen-bond acceptors (Lipinski definition) is 8. The lowest BCUT2D eigenvalue weighted by atomic mass is 10.2. The summed E-state index contributed by atoms with van der Waals surface area (Å²) >= 11 is 1.20. The number of hydrazine groups is 1. The minimum Gasteiger partial charge on any atom is -0.378 e. The molecule has 11 heteroatoms. The first-order valence-corrected chi connectivity index (χ1v) is 10.1. The van der Waals surface area contributed by atoms with Crippen molar-refractivity contribution in [3.05, 3.63) is 41.6 Å². The molecule has 1 fully saturated rings. The summed E-state index contributed by atoms with van der Waals surface area (Å²) in [6.07, 6.45) is 1.22. The van der Waals surface area contributed by atoms with E-state index in [-0.39, 0.29) is 10.8 Å². The number of nitrogens with one attached hydrogen (secondary N) is 1. The summed E-state index contributed by atoms with van der Waals surface area (Å²) in [6, 6.07) is 7.40. The summed E-state index contributed by atoms with van der Waals surface area (Å²) in [4.78, 5) is 15.9. The average molecular weight is 397 g/mol. The van der Waals surface area contributed by atoms with Crippen LogP contribution >= 0.6 is 11.8 Å². The van der Waals surface area contributed by atoms with Gasteiger partial charge >= 0.3 is 21.3 Å². The number of hydrogen-bond donors (Lipinski definition) is 2. The van der Waals surface area contributed by atoms with E-state index in [0.29, 0.717) is 17.6 Å². The second-order valence-corrected chi connectivity index (χ2v) is 8.55. The van der Waals surface area contributed by atoms with Crippen LogP contribution in [0.25, 0.3) is 0 Å². The predicted octanol–water partition coefficient (Wildman–Crippen LogP) is 1.28. The van der Waals surface area contributed by atoms with E-state index in [1.165, 1.54) is 40.1 Å². The van der Waals surface area contributed by atoms with Crippen molar-refractivity contribution in [2.24, 2.45) is 16.6 Å². The van der Waals surface area contributed by atoms with Crippen molar-refractivity contribution in [1.82, 2.24) is 15.3 Å². The number of primary amides is 1. The summed E-state index contributed by atoms with van der Waals surface area (Å²) in [6.45, 7) is 4.73.